The van der Waals surface area contributed by atoms with Crippen molar-refractivity contribution in [3.8, 4) is 11.5 Å². The molecule has 5 rings (SSSR count). The molecule has 1 atom stereocenters. The number of aromatic nitrogens is 3. The minimum atomic E-state index is -0.335. The number of imidazole rings is 1. The first-order valence-electron chi connectivity index (χ1n) is 10.8. The van der Waals surface area contributed by atoms with E-state index < -0.39 is 0 Å². The zero-order valence-corrected chi connectivity index (χ0v) is 18.4. The van der Waals surface area contributed by atoms with Gasteiger partial charge in [-0.05, 0) is 50.9 Å². The molecule has 3 aromatic heterocycles. The number of rotatable bonds is 3. The first kappa shape index (κ1) is 19.8. The highest BCUT2D eigenvalue weighted by molar-refractivity contribution is 5.87. The van der Waals surface area contributed by atoms with Crippen LogP contribution in [0, 0.1) is 13.8 Å². The smallest absolute Gasteiger partial charge is 0.344 e. The van der Waals surface area contributed by atoms with Gasteiger partial charge < -0.3 is 13.7 Å². The summed E-state index contributed by atoms with van der Waals surface area (Å²) in [6.45, 7) is 12.3. The number of hydrogen-bond donors (Lipinski definition) is 0. The molecule has 0 aliphatic carbocycles. The first-order chi connectivity index (χ1) is 14.9. The molecule has 7 nitrogen and oxygen atoms in total. The molecular weight excluding hydrogens is 390 g/mol. The molecule has 0 N–H and O–H groups in total. The summed E-state index contributed by atoms with van der Waals surface area (Å²) in [5.74, 6) is 0.469. The van der Waals surface area contributed by atoms with E-state index in [2.05, 4.69) is 39.7 Å². The zero-order chi connectivity index (χ0) is 21.7. The van der Waals surface area contributed by atoms with E-state index in [0.717, 1.165) is 54.3 Å². The van der Waals surface area contributed by atoms with E-state index in [0.29, 0.717) is 22.9 Å². The predicted octanol–water partition coefficient (Wildman–Crippen LogP) is 3.65. The molecule has 0 spiro atoms. The van der Waals surface area contributed by atoms with Gasteiger partial charge in [-0.2, -0.15) is 0 Å². The quantitative estimate of drug-likeness (QED) is 0.507. The minimum absolute atomic E-state index is 0.335. The van der Waals surface area contributed by atoms with E-state index in [9.17, 15) is 4.79 Å². The molecule has 0 radical (unpaired) electrons. The van der Waals surface area contributed by atoms with Gasteiger partial charge in [0.2, 0.25) is 0 Å². The van der Waals surface area contributed by atoms with Gasteiger partial charge in [0.15, 0.2) is 11.4 Å². The number of likely N-dealkylation sites (N-methyl/N-ethyl adjacent to an activating group) is 1. The number of hydrogen-bond acceptors (Lipinski definition) is 6. The Labute approximate surface area is 180 Å². The van der Waals surface area contributed by atoms with Gasteiger partial charge in [0.05, 0.1) is 16.8 Å². The number of aryl methyl sites for hydroxylation is 2. The fraction of sp³-hybridized carbons (Fsp3) is 0.375. The minimum Gasteiger partial charge on any atom is -0.421 e. The summed E-state index contributed by atoms with van der Waals surface area (Å²) in [7, 11) is 0. The maximum atomic E-state index is 12.9. The van der Waals surface area contributed by atoms with Crippen molar-refractivity contribution >= 4 is 22.1 Å². The molecule has 0 bridgehead atoms. The standard InChI is InChI=1S/C24H27N5O2/c1-5-27-8-9-28(13-16(27)3)19-7-6-18-10-22(31-24(30)20(18)11-19)21-14-29-12-15(2)25-17(4)23(29)26-21/h6-7,10-12,14,16H,5,8-9,13H2,1-4H3. The molecule has 1 aliphatic heterocycles. The lowest BCUT2D eigenvalue weighted by atomic mass is 10.1. The van der Waals surface area contributed by atoms with E-state index in [1.165, 1.54) is 0 Å². The van der Waals surface area contributed by atoms with Crippen LogP contribution in [-0.2, 0) is 0 Å². The number of nitrogens with zero attached hydrogens (tertiary/aromatic N) is 5. The van der Waals surface area contributed by atoms with Crippen LogP contribution in [0.2, 0.25) is 0 Å². The normalized spacial score (nSPS) is 17.7. The molecule has 1 aliphatic rings. The second-order valence-electron chi connectivity index (χ2n) is 8.42. The Bertz CT molecular complexity index is 1340. The van der Waals surface area contributed by atoms with Crippen LogP contribution in [0.25, 0.3) is 27.9 Å². The lowest BCUT2D eigenvalue weighted by Gasteiger charge is -2.40. The highest BCUT2D eigenvalue weighted by Gasteiger charge is 2.23. The van der Waals surface area contributed by atoms with Crippen molar-refractivity contribution in [3.05, 3.63) is 58.5 Å². The van der Waals surface area contributed by atoms with Crippen molar-refractivity contribution in [2.24, 2.45) is 0 Å². The lowest BCUT2D eigenvalue weighted by Crippen LogP contribution is -2.51. The molecule has 7 heteroatoms. The third kappa shape index (κ3) is 3.49. The monoisotopic (exact) mass is 417 g/mol. The van der Waals surface area contributed by atoms with Gasteiger partial charge >= 0.3 is 5.63 Å². The fourth-order valence-electron chi connectivity index (χ4n) is 4.62. The van der Waals surface area contributed by atoms with Gasteiger partial charge in [-0.1, -0.05) is 13.0 Å². The average Bonchev–Trinajstić information content (AvgIpc) is 3.18. The Balaban J connectivity index is 1.52. The summed E-state index contributed by atoms with van der Waals surface area (Å²) in [5, 5.41) is 1.46. The highest BCUT2D eigenvalue weighted by atomic mass is 16.4. The lowest BCUT2D eigenvalue weighted by molar-refractivity contribution is 0.199. The van der Waals surface area contributed by atoms with Gasteiger partial charge in [-0.25, -0.2) is 9.78 Å². The van der Waals surface area contributed by atoms with Crippen LogP contribution < -0.4 is 10.5 Å². The van der Waals surface area contributed by atoms with Crippen molar-refractivity contribution in [1.29, 1.82) is 0 Å². The Kier molecular flexibility index (Phi) is 4.78. The number of fused-ring (bicyclic) bond motifs is 2. The van der Waals surface area contributed by atoms with E-state index in [1.54, 1.807) is 0 Å². The van der Waals surface area contributed by atoms with Crippen LogP contribution in [0.5, 0.6) is 0 Å². The van der Waals surface area contributed by atoms with Crippen LogP contribution in [0.4, 0.5) is 5.69 Å². The Hall–Kier alpha value is -3.19. The van der Waals surface area contributed by atoms with Crippen LogP contribution in [0.15, 0.2) is 45.9 Å². The number of anilines is 1. The largest absolute Gasteiger partial charge is 0.421 e. The second-order valence-corrected chi connectivity index (χ2v) is 8.42. The van der Waals surface area contributed by atoms with Gasteiger partial charge in [0.1, 0.15) is 5.69 Å². The van der Waals surface area contributed by atoms with E-state index in [-0.39, 0.29) is 5.63 Å². The van der Waals surface area contributed by atoms with E-state index >= 15 is 0 Å². The van der Waals surface area contributed by atoms with Crippen LogP contribution >= 0.6 is 0 Å². The summed E-state index contributed by atoms with van der Waals surface area (Å²) in [6.07, 6.45) is 3.80. The summed E-state index contributed by atoms with van der Waals surface area (Å²) < 4.78 is 7.62. The second kappa shape index (κ2) is 7.50. The Morgan fingerprint density at radius 1 is 1.13 bits per heavy atom. The van der Waals surface area contributed by atoms with Crippen LogP contribution in [0.3, 0.4) is 0 Å². The number of benzene rings is 1. The van der Waals surface area contributed by atoms with Gasteiger partial charge in [-0.3, -0.25) is 9.88 Å². The fourth-order valence-corrected chi connectivity index (χ4v) is 4.62. The van der Waals surface area contributed by atoms with Crippen molar-refractivity contribution < 1.29 is 4.42 Å². The summed E-state index contributed by atoms with van der Waals surface area (Å²) in [5.41, 5.74) is 3.88. The third-order valence-electron chi connectivity index (χ3n) is 6.26. The molecule has 0 saturated carbocycles. The van der Waals surface area contributed by atoms with E-state index in [1.807, 2.05) is 48.8 Å². The first-order valence-corrected chi connectivity index (χ1v) is 10.8. The molecule has 31 heavy (non-hydrogen) atoms. The molecule has 1 saturated heterocycles. The number of piperazine rings is 1. The third-order valence-corrected chi connectivity index (χ3v) is 6.26. The van der Waals surface area contributed by atoms with Crippen molar-refractivity contribution in [2.75, 3.05) is 31.1 Å². The van der Waals surface area contributed by atoms with Crippen LogP contribution in [-0.4, -0.2) is 51.5 Å². The molecule has 4 heterocycles. The molecule has 4 aromatic rings. The SMILES string of the molecule is CCN1CCN(c2ccc3cc(-c4cn5cc(C)nc(C)c5n4)oc(=O)c3c2)CC1C. The molecule has 1 unspecified atom stereocenters. The van der Waals surface area contributed by atoms with Crippen molar-refractivity contribution in [2.45, 2.75) is 33.7 Å². The molecule has 0 amide bonds. The van der Waals surface area contributed by atoms with Gasteiger partial charge in [-0.15, -0.1) is 0 Å². The molecule has 160 valence electrons. The van der Waals surface area contributed by atoms with Gasteiger partial charge in [0.25, 0.3) is 0 Å². The maximum Gasteiger partial charge on any atom is 0.344 e. The van der Waals surface area contributed by atoms with Gasteiger partial charge in [0, 0.05) is 43.8 Å². The van der Waals surface area contributed by atoms with Crippen molar-refractivity contribution in [1.82, 2.24) is 19.3 Å². The highest BCUT2D eigenvalue weighted by Crippen LogP contribution is 2.27. The van der Waals surface area contributed by atoms with Crippen LogP contribution in [0.1, 0.15) is 25.2 Å². The zero-order valence-electron chi connectivity index (χ0n) is 18.4. The van der Waals surface area contributed by atoms with Crippen molar-refractivity contribution in [3.63, 3.8) is 0 Å². The Morgan fingerprint density at radius 2 is 1.97 bits per heavy atom. The maximum absolute atomic E-state index is 12.9. The predicted molar refractivity (Wildman–Crippen MR) is 123 cm³/mol. The molecular formula is C24H27N5O2. The van der Waals surface area contributed by atoms with E-state index in [4.69, 9.17) is 4.42 Å². The summed E-state index contributed by atoms with van der Waals surface area (Å²) in [4.78, 5) is 26.8. The topological polar surface area (TPSA) is 66.9 Å². The summed E-state index contributed by atoms with van der Waals surface area (Å²) >= 11 is 0. The molecule has 1 aromatic carbocycles. The average molecular weight is 418 g/mol. The molecule has 1 fully saturated rings. The summed E-state index contributed by atoms with van der Waals surface area (Å²) in [6, 6.07) is 8.45. The Morgan fingerprint density at radius 3 is 2.74 bits per heavy atom.